The van der Waals surface area contributed by atoms with Crippen molar-refractivity contribution < 1.29 is 0 Å². The summed E-state index contributed by atoms with van der Waals surface area (Å²) in [6.07, 6.45) is 8.37. The highest BCUT2D eigenvalue weighted by Crippen LogP contribution is 2.27. The molecule has 0 saturated heterocycles. The Labute approximate surface area is 157 Å². The average molecular weight is 353 g/mol. The van der Waals surface area contributed by atoms with Crippen molar-refractivity contribution in [3.8, 4) is 0 Å². The van der Waals surface area contributed by atoms with Gasteiger partial charge in [0.1, 0.15) is 0 Å². The van der Waals surface area contributed by atoms with Crippen molar-refractivity contribution in [3.63, 3.8) is 0 Å². The molecular formula is C22H32N4. The Balaban J connectivity index is 1.84. The zero-order valence-electron chi connectivity index (χ0n) is 16.4. The van der Waals surface area contributed by atoms with Crippen molar-refractivity contribution in [2.24, 2.45) is 5.73 Å². The summed E-state index contributed by atoms with van der Waals surface area (Å²) in [5, 5.41) is 0. The lowest BCUT2D eigenvalue weighted by Gasteiger charge is -2.36. The van der Waals surface area contributed by atoms with Crippen molar-refractivity contribution in [1.29, 1.82) is 0 Å². The SMILES string of the molecule is Cc1cccnc1CN(Cc1ncccc1C(C)C)C1CCC(N)CC1. The molecule has 2 N–H and O–H groups in total. The number of nitrogens with two attached hydrogens (primary N) is 1. The van der Waals surface area contributed by atoms with Crippen molar-refractivity contribution in [2.75, 3.05) is 0 Å². The van der Waals surface area contributed by atoms with E-state index in [1.165, 1.54) is 22.5 Å². The second kappa shape index (κ2) is 8.74. The number of hydrogen-bond acceptors (Lipinski definition) is 4. The molecule has 1 aliphatic carbocycles. The van der Waals surface area contributed by atoms with Crippen LogP contribution in [0, 0.1) is 6.92 Å². The molecule has 0 aliphatic heterocycles. The standard InChI is InChI=1S/C22H32N4/c1-16(2)20-7-5-13-25-22(20)15-26(19-10-8-18(23)9-11-19)14-21-17(3)6-4-12-24-21/h4-7,12-13,16,18-19H,8-11,14-15,23H2,1-3H3. The van der Waals surface area contributed by atoms with Gasteiger partial charge in [-0.2, -0.15) is 0 Å². The van der Waals surface area contributed by atoms with Gasteiger partial charge < -0.3 is 5.73 Å². The molecule has 0 aromatic carbocycles. The van der Waals surface area contributed by atoms with Gasteiger partial charge in [0.05, 0.1) is 11.4 Å². The van der Waals surface area contributed by atoms with Crippen LogP contribution < -0.4 is 5.73 Å². The van der Waals surface area contributed by atoms with Crippen LogP contribution in [-0.2, 0) is 13.1 Å². The molecule has 4 nitrogen and oxygen atoms in total. The highest BCUT2D eigenvalue weighted by molar-refractivity contribution is 5.24. The smallest absolute Gasteiger partial charge is 0.0578 e. The zero-order valence-corrected chi connectivity index (χ0v) is 16.4. The third kappa shape index (κ3) is 4.68. The fraction of sp³-hybridized carbons (Fsp3) is 0.545. The molecule has 0 unspecified atom stereocenters. The van der Waals surface area contributed by atoms with Crippen LogP contribution in [0.3, 0.4) is 0 Å². The van der Waals surface area contributed by atoms with Gasteiger partial charge in [0, 0.05) is 37.6 Å². The van der Waals surface area contributed by atoms with E-state index in [0.29, 0.717) is 18.0 Å². The Hall–Kier alpha value is -1.78. The minimum atomic E-state index is 0.366. The van der Waals surface area contributed by atoms with Gasteiger partial charge in [-0.05, 0) is 61.8 Å². The van der Waals surface area contributed by atoms with Gasteiger partial charge in [-0.15, -0.1) is 0 Å². The normalized spacial score (nSPS) is 20.7. The summed E-state index contributed by atoms with van der Waals surface area (Å²) in [7, 11) is 0. The van der Waals surface area contributed by atoms with Crippen LogP contribution in [0.25, 0.3) is 0 Å². The quantitative estimate of drug-likeness (QED) is 0.847. The van der Waals surface area contributed by atoms with E-state index in [4.69, 9.17) is 10.7 Å². The van der Waals surface area contributed by atoms with Crippen LogP contribution >= 0.6 is 0 Å². The molecule has 2 aromatic rings. The number of hydrogen-bond donors (Lipinski definition) is 1. The van der Waals surface area contributed by atoms with Crippen LogP contribution in [0.4, 0.5) is 0 Å². The fourth-order valence-corrected chi connectivity index (χ4v) is 3.96. The summed E-state index contributed by atoms with van der Waals surface area (Å²) in [6, 6.07) is 9.35. The number of aromatic nitrogens is 2. The summed E-state index contributed by atoms with van der Waals surface area (Å²) in [5.74, 6) is 0.483. The Kier molecular flexibility index (Phi) is 6.38. The molecule has 1 aliphatic rings. The maximum atomic E-state index is 6.15. The molecule has 1 saturated carbocycles. The molecule has 26 heavy (non-hydrogen) atoms. The van der Waals surface area contributed by atoms with Gasteiger partial charge in [-0.1, -0.05) is 26.0 Å². The third-order valence-corrected chi connectivity index (χ3v) is 5.63. The molecule has 140 valence electrons. The Morgan fingerprint density at radius 3 is 2.27 bits per heavy atom. The third-order valence-electron chi connectivity index (χ3n) is 5.63. The summed E-state index contributed by atoms with van der Waals surface area (Å²) in [5.41, 5.74) is 11.1. The van der Waals surface area contributed by atoms with E-state index < -0.39 is 0 Å². The van der Waals surface area contributed by atoms with E-state index in [9.17, 15) is 0 Å². The van der Waals surface area contributed by atoms with Crippen molar-refractivity contribution in [3.05, 3.63) is 59.2 Å². The van der Waals surface area contributed by atoms with Crippen molar-refractivity contribution in [1.82, 2.24) is 14.9 Å². The molecule has 0 atom stereocenters. The fourth-order valence-electron chi connectivity index (χ4n) is 3.96. The topological polar surface area (TPSA) is 55.0 Å². The van der Waals surface area contributed by atoms with Crippen LogP contribution in [0.1, 0.15) is 68.0 Å². The predicted octanol–water partition coefficient (Wildman–Crippen LogP) is 4.18. The molecule has 0 amide bonds. The summed E-state index contributed by atoms with van der Waals surface area (Å²) < 4.78 is 0. The minimum Gasteiger partial charge on any atom is -0.328 e. The van der Waals surface area contributed by atoms with E-state index in [-0.39, 0.29) is 0 Å². The first kappa shape index (κ1) is 19.0. The molecule has 4 heteroatoms. The Bertz CT molecular complexity index is 705. The molecule has 2 heterocycles. The zero-order chi connectivity index (χ0) is 18.5. The maximum Gasteiger partial charge on any atom is 0.0578 e. The van der Waals surface area contributed by atoms with Gasteiger partial charge >= 0.3 is 0 Å². The van der Waals surface area contributed by atoms with Gasteiger partial charge in [0.25, 0.3) is 0 Å². The second-order valence-electron chi connectivity index (χ2n) is 7.93. The van der Waals surface area contributed by atoms with Gasteiger partial charge in [0.2, 0.25) is 0 Å². The molecule has 0 spiro atoms. The van der Waals surface area contributed by atoms with Gasteiger partial charge in [-0.25, -0.2) is 0 Å². The lowest BCUT2D eigenvalue weighted by atomic mass is 9.90. The largest absolute Gasteiger partial charge is 0.328 e. The molecule has 0 radical (unpaired) electrons. The minimum absolute atomic E-state index is 0.366. The summed E-state index contributed by atoms with van der Waals surface area (Å²) in [6.45, 7) is 8.39. The van der Waals surface area contributed by atoms with E-state index in [2.05, 4.69) is 42.8 Å². The number of aryl methyl sites for hydroxylation is 1. The van der Waals surface area contributed by atoms with Gasteiger partial charge in [-0.3, -0.25) is 14.9 Å². The van der Waals surface area contributed by atoms with Crippen molar-refractivity contribution in [2.45, 2.75) is 77.5 Å². The van der Waals surface area contributed by atoms with Crippen LogP contribution in [-0.4, -0.2) is 27.0 Å². The molecule has 1 fully saturated rings. The second-order valence-corrected chi connectivity index (χ2v) is 7.93. The monoisotopic (exact) mass is 352 g/mol. The average Bonchev–Trinajstić information content (AvgIpc) is 2.64. The highest BCUT2D eigenvalue weighted by atomic mass is 15.2. The highest BCUT2D eigenvalue weighted by Gasteiger charge is 2.26. The summed E-state index contributed by atoms with van der Waals surface area (Å²) in [4.78, 5) is 11.9. The lowest BCUT2D eigenvalue weighted by Crippen LogP contribution is -2.40. The maximum absolute atomic E-state index is 6.15. The first-order valence-electron chi connectivity index (χ1n) is 9.88. The lowest BCUT2D eigenvalue weighted by molar-refractivity contribution is 0.130. The van der Waals surface area contributed by atoms with E-state index in [1.807, 2.05) is 24.5 Å². The van der Waals surface area contributed by atoms with Gasteiger partial charge in [0.15, 0.2) is 0 Å². The van der Waals surface area contributed by atoms with Crippen LogP contribution in [0.2, 0.25) is 0 Å². The Morgan fingerprint density at radius 1 is 1.00 bits per heavy atom. The number of rotatable bonds is 6. The van der Waals surface area contributed by atoms with E-state index >= 15 is 0 Å². The number of nitrogens with zero attached hydrogens (tertiary/aromatic N) is 3. The van der Waals surface area contributed by atoms with E-state index in [0.717, 1.165) is 38.8 Å². The number of pyridine rings is 2. The first-order chi connectivity index (χ1) is 12.5. The first-order valence-corrected chi connectivity index (χ1v) is 9.88. The molecule has 3 rings (SSSR count). The van der Waals surface area contributed by atoms with Crippen molar-refractivity contribution >= 4 is 0 Å². The molecular weight excluding hydrogens is 320 g/mol. The molecule has 0 bridgehead atoms. The van der Waals surface area contributed by atoms with Crippen LogP contribution in [0.5, 0.6) is 0 Å². The molecule has 2 aromatic heterocycles. The van der Waals surface area contributed by atoms with E-state index in [1.54, 1.807) is 0 Å². The summed E-state index contributed by atoms with van der Waals surface area (Å²) >= 11 is 0. The Morgan fingerprint density at radius 2 is 1.62 bits per heavy atom. The predicted molar refractivity (Wildman–Crippen MR) is 107 cm³/mol. The van der Waals surface area contributed by atoms with Crippen LogP contribution in [0.15, 0.2) is 36.7 Å².